The third-order valence-electron chi connectivity index (χ3n) is 2.62. The summed E-state index contributed by atoms with van der Waals surface area (Å²) in [7, 11) is -3.88. The molecule has 0 heterocycles. The predicted octanol–water partition coefficient (Wildman–Crippen LogP) is 2.89. The fourth-order valence-corrected chi connectivity index (χ4v) is 4.37. The maximum absolute atomic E-state index is 12.6. The Bertz CT molecular complexity index is 616. The molecule has 0 saturated carbocycles. The molecular weight excluding hydrogens is 321 g/mol. The molecule has 110 valence electrons. The number of rotatable bonds is 5. The van der Waals surface area contributed by atoms with Crippen molar-refractivity contribution >= 4 is 38.9 Å². The number of hydrogen-bond acceptors (Lipinski definition) is 4. The molecule has 0 aliphatic carbocycles. The fourth-order valence-electron chi connectivity index (χ4n) is 1.79. The number of hydrogen-bond donors (Lipinski definition) is 1. The van der Waals surface area contributed by atoms with E-state index in [1.807, 2.05) is 6.07 Å². The summed E-state index contributed by atoms with van der Waals surface area (Å²) in [5, 5.41) is 8.87. The fraction of sp³-hybridized carbons (Fsp3) is 0.417. The van der Waals surface area contributed by atoms with E-state index < -0.39 is 10.0 Å². The highest BCUT2D eigenvalue weighted by molar-refractivity contribution is 7.89. The maximum atomic E-state index is 12.6. The highest BCUT2D eigenvalue weighted by atomic mass is 35.5. The van der Waals surface area contributed by atoms with Crippen molar-refractivity contribution in [3.63, 3.8) is 0 Å². The smallest absolute Gasteiger partial charge is 0.246 e. The first-order chi connectivity index (χ1) is 9.21. The Hall–Kier alpha value is -1.000. The minimum absolute atomic E-state index is 0.00916. The molecular formula is C12H15Cl2N3O2S. The van der Waals surface area contributed by atoms with Gasteiger partial charge in [-0.2, -0.15) is 9.57 Å². The van der Waals surface area contributed by atoms with E-state index in [-0.39, 0.29) is 39.6 Å². The third kappa shape index (κ3) is 3.55. The van der Waals surface area contributed by atoms with E-state index in [1.165, 1.54) is 16.4 Å². The number of anilines is 1. The van der Waals surface area contributed by atoms with Crippen molar-refractivity contribution < 1.29 is 8.42 Å². The van der Waals surface area contributed by atoms with E-state index in [0.29, 0.717) is 0 Å². The number of benzene rings is 1. The molecule has 0 atom stereocenters. The molecule has 0 aliphatic heterocycles. The van der Waals surface area contributed by atoms with Crippen LogP contribution in [-0.2, 0) is 10.0 Å². The van der Waals surface area contributed by atoms with E-state index in [9.17, 15) is 8.42 Å². The van der Waals surface area contributed by atoms with Crippen LogP contribution in [0.15, 0.2) is 17.0 Å². The quantitative estimate of drug-likeness (QED) is 0.838. The van der Waals surface area contributed by atoms with Crippen LogP contribution in [0.3, 0.4) is 0 Å². The summed E-state index contributed by atoms with van der Waals surface area (Å²) in [4.78, 5) is -0.171. The molecule has 0 spiro atoms. The van der Waals surface area contributed by atoms with Gasteiger partial charge in [0.15, 0.2) is 0 Å². The molecule has 0 fully saturated rings. The highest BCUT2D eigenvalue weighted by Gasteiger charge is 2.30. The first-order valence-corrected chi connectivity index (χ1v) is 8.04. The van der Waals surface area contributed by atoms with Gasteiger partial charge in [-0.25, -0.2) is 8.42 Å². The number of nitriles is 1. The molecule has 0 bridgehead atoms. The highest BCUT2D eigenvalue weighted by Crippen LogP contribution is 2.33. The van der Waals surface area contributed by atoms with Crippen molar-refractivity contribution in [2.75, 3.05) is 12.3 Å². The first-order valence-electron chi connectivity index (χ1n) is 5.85. The van der Waals surface area contributed by atoms with Crippen molar-refractivity contribution in [2.24, 2.45) is 0 Å². The molecule has 1 rings (SSSR count). The van der Waals surface area contributed by atoms with Crippen LogP contribution in [0.5, 0.6) is 0 Å². The lowest BCUT2D eigenvalue weighted by molar-refractivity contribution is 0.360. The van der Waals surface area contributed by atoms with Crippen LogP contribution in [0, 0.1) is 11.3 Å². The monoisotopic (exact) mass is 335 g/mol. The number of nitrogens with two attached hydrogens (primary N) is 1. The van der Waals surface area contributed by atoms with Crippen LogP contribution < -0.4 is 5.73 Å². The summed E-state index contributed by atoms with van der Waals surface area (Å²) < 4.78 is 26.5. The summed E-state index contributed by atoms with van der Waals surface area (Å²) in [5.41, 5.74) is 5.73. The van der Waals surface area contributed by atoms with Crippen LogP contribution in [0.2, 0.25) is 10.0 Å². The average molecular weight is 336 g/mol. The minimum atomic E-state index is -3.88. The van der Waals surface area contributed by atoms with Crippen LogP contribution >= 0.6 is 23.2 Å². The van der Waals surface area contributed by atoms with Crippen molar-refractivity contribution in [3.8, 4) is 6.07 Å². The van der Waals surface area contributed by atoms with E-state index in [1.54, 1.807) is 13.8 Å². The average Bonchev–Trinajstić information content (AvgIpc) is 2.26. The Balaban J connectivity index is 3.38. The number of nitrogen functional groups attached to an aromatic ring is 1. The predicted molar refractivity (Wildman–Crippen MR) is 80.1 cm³/mol. The molecule has 20 heavy (non-hydrogen) atoms. The van der Waals surface area contributed by atoms with Crippen molar-refractivity contribution in [2.45, 2.75) is 31.2 Å². The Morgan fingerprint density at radius 1 is 1.40 bits per heavy atom. The van der Waals surface area contributed by atoms with Gasteiger partial charge in [0.05, 0.1) is 16.8 Å². The molecule has 0 amide bonds. The van der Waals surface area contributed by atoms with Crippen LogP contribution in [0.25, 0.3) is 0 Å². The molecule has 2 N–H and O–H groups in total. The second kappa shape index (κ2) is 6.64. The normalized spacial score (nSPS) is 11.8. The standard InChI is InChI=1S/C12H15Cl2N3O2S/c1-8(2)17(5-3-4-15)20(18,19)12-10(14)6-9(13)7-11(12)16/h6-8H,3,5,16H2,1-2H3. The van der Waals surface area contributed by atoms with Gasteiger partial charge in [-0.05, 0) is 26.0 Å². The molecule has 0 unspecified atom stereocenters. The van der Waals surface area contributed by atoms with Crippen molar-refractivity contribution in [3.05, 3.63) is 22.2 Å². The number of halogens is 2. The summed E-state index contributed by atoms with van der Waals surface area (Å²) >= 11 is 11.7. The zero-order chi connectivity index (χ0) is 15.5. The lowest BCUT2D eigenvalue weighted by atomic mass is 10.3. The van der Waals surface area contributed by atoms with Crippen LogP contribution in [0.1, 0.15) is 20.3 Å². The van der Waals surface area contributed by atoms with Crippen molar-refractivity contribution in [1.82, 2.24) is 4.31 Å². The summed E-state index contributed by atoms with van der Waals surface area (Å²) in [5.74, 6) is 0. The van der Waals surface area contributed by atoms with Gasteiger partial charge in [-0.3, -0.25) is 0 Å². The van der Waals surface area contributed by atoms with Gasteiger partial charge in [0.25, 0.3) is 0 Å². The Morgan fingerprint density at radius 3 is 2.45 bits per heavy atom. The summed E-state index contributed by atoms with van der Waals surface area (Å²) in [6.07, 6.45) is 0.0858. The van der Waals surface area contributed by atoms with Gasteiger partial charge >= 0.3 is 0 Å². The van der Waals surface area contributed by atoms with Gasteiger partial charge < -0.3 is 5.73 Å². The Morgan fingerprint density at radius 2 is 2.00 bits per heavy atom. The molecule has 1 aromatic rings. The zero-order valence-electron chi connectivity index (χ0n) is 11.1. The van der Waals surface area contributed by atoms with Crippen LogP contribution in [0.4, 0.5) is 5.69 Å². The molecule has 0 aromatic heterocycles. The van der Waals surface area contributed by atoms with E-state index in [4.69, 9.17) is 34.2 Å². The molecule has 8 heteroatoms. The van der Waals surface area contributed by atoms with E-state index in [0.717, 1.165) is 0 Å². The largest absolute Gasteiger partial charge is 0.398 e. The van der Waals surface area contributed by atoms with E-state index in [2.05, 4.69) is 0 Å². The summed E-state index contributed by atoms with van der Waals surface area (Å²) in [6, 6.07) is 4.27. The molecule has 1 aromatic carbocycles. The van der Waals surface area contributed by atoms with Crippen LogP contribution in [-0.4, -0.2) is 25.3 Å². The SMILES string of the molecule is CC(C)N(CCC#N)S(=O)(=O)c1c(N)cc(Cl)cc1Cl. The van der Waals surface area contributed by atoms with Gasteiger partial charge in [-0.1, -0.05) is 23.2 Å². The lowest BCUT2D eigenvalue weighted by Gasteiger charge is -2.26. The lowest BCUT2D eigenvalue weighted by Crippen LogP contribution is -2.38. The second-order valence-electron chi connectivity index (χ2n) is 4.42. The van der Waals surface area contributed by atoms with Crippen molar-refractivity contribution in [1.29, 1.82) is 5.26 Å². The van der Waals surface area contributed by atoms with Gasteiger partial charge in [-0.15, -0.1) is 0 Å². The topological polar surface area (TPSA) is 87.2 Å². The molecule has 0 aliphatic rings. The second-order valence-corrected chi connectivity index (χ2v) is 7.09. The molecule has 5 nitrogen and oxygen atoms in total. The Labute approximate surface area is 128 Å². The minimum Gasteiger partial charge on any atom is -0.398 e. The van der Waals surface area contributed by atoms with E-state index >= 15 is 0 Å². The van der Waals surface area contributed by atoms with Gasteiger partial charge in [0.2, 0.25) is 10.0 Å². The molecule has 0 radical (unpaired) electrons. The first kappa shape index (κ1) is 17.1. The van der Waals surface area contributed by atoms with Gasteiger partial charge in [0.1, 0.15) is 4.90 Å². The third-order valence-corrected chi connectivity index (χ3v) is 5.45. The number of nitrogens with zero attached hydrogens (tertiary/aromatic N) is 2. The maximum Gasteiger partial charge on any atom is 0.246 e. The van der Waals surface area contributed by atoms with Gasteiger partial charge in [0, 0.05) is 24.0 Å². The number of sulfonamides is 1. The Kier molecular flexibility index (Phi) is 5.66. The zero-order valence-corrected chi connectivity index (χ0v) is 13.4. The molecule has 0 saturated heterocycles. The summed E-state index contributed by atoms with van der Waals surface area (Å²) in [6.45, 7) is 3.51.